The van der Waals surface area contributed by atoms with Crippen LogP contribution in [0.1, 0.15) is 38.7 Å². The third kappa shape index (κ3) is 5.74. The smallest absolute Gasteiger partial charge is 0.331 e. The van der Waals surface area contributed by atoms with Crippen molar-refractivity contribution in [2.45, 2.75) is 39.2 Å². The Hall–Kier alpha value is -2.50. The molecule has 3 unspecified atom stereocenters. The van der Waals surface area contributed by atoms with E-state index in [1.165, 1.54) is 19.6 Å². The zero-order valence-electron chi connectivity index (χ0n) is 16.5. The van der Waals surface area contributed by atoms with Crippen LogP contribution >= 0.6 is 0 Å². The van der Waals surface area contributed by atoms with Crippen LogP contribution in [-0.2, 0) is 14.3 Å². The number of rotatable bonds is 7. The molecule has 0 heterocycles. The van der Waals surface area contributed by atoms with Crippen LogP contribution in [0.25, 0.3) is 6.08 Å². The van der Waals surface area contributed by atoms with E-state index in [9.17, 15) is 9.59 Å². The zero-order chi connectivity index (χ0) is 19.8. The first-order valence-corrected chi connectivity index (χ1v) is 9.31. The van der Waals surface area contributed by atoms with Gasteiger partial charge in [-0.1, -0.05) is 38.8 Å². The highest BCUT2D eigenvalue weighted by Crippen LogP contribution is 2.31. The molecule has 148 valence electrons. The molecule has 0 bridgehead atoms. The maximum atomic E-state index is 12.1. The Kier molecular flexibility index (Phi) is 7.70. The highest BCUT2D eigenvalue weighted by Gasteiger charge is 2.28. The predicted octanol–water partition coefficient (Wildman–Crippen LogP) is 3.20. The van der Waals surface area contributed by atoms with Gasteiger partial charge in [-0.05, 0) is 30.4 Å². The first kappa shape index (κ1) is 20.8. The number of benzene rings is 1. The van der Waals surface area contributed by atoms with E-state index in [1.807, 2.05) is 0 Å². The van der Waals surface area contributed by atoms with Crippen LogP contribution in [0.15, 0.2) is 24.3 Å². The molecule has 1 aromatic rings. The summed E-state index contributed by atoms with van der Waals surface area (Å²) in [5.41, 5.74) is 0.684. The number of para-hydroxylation sites is 1. The van der Waals surface area contributed by atoms with Crippen LogP contribution in [-0.4, -0.2) is 38.7 Å². The van der Waals surface area contributed by atoms with Crippen LogP contribution in [0, 0.1) is 11.8 Å². The Balaban J connectivity index is 1.85. The third-order valence-electron chi connectivity index (χ3n) is 5.23. The van der Waals surface area contributed by atoms with Gasteiger partial charge in [-0.2, -0.15) is 0 Å². The van der Waals surface area contributed by atoms with Crippen molar-refractivity contribution in [2.75, 3.05) is 20.8 Å². The van der Waals surface area contributed by atoms with Crippen molar-refractivity contribution < 1.29 is 23.8 Å². The Morgan fingerprint density at radius 1 is 1.19 bits per heavy atom. The SMILES string of the molecule is COc1cccc(/C=C/C(=O)OCC(=O)NC2CCCC(C)C2C)c1OC. The van der Waals surface area contributed by atoms with E-state index in [0.717, 1.165) is 12.8 Å². The number of nitrogens with one attached hydrogen (secondary N) is 1. The third-order valence-corrected chi connectivity index (χ3v) is 5.23. The lowest BCUT2D eigenvalue weighted by Crippen LogP contribution is -2.45. The highest BCUT2D eigenvalue weighted by atomic mass is 16.5. The molecule has 0 radical (unpaired) electrons. The molecule has 1 aliphatic rings. The summed E-state index contributed by atoms with van der Waals surface area (Å²) in [5, 5.41) is 2.98. The van der Waals surface area contributed by atoms with Gasteiger partial charge in [-0.25, -0.2) is 4.79 Å². The van der Waals surface area contributed by atoms with Crippen LogP contribution in [0.2, 0.25) is 0 Å². The van der Waals surface area contributed by atoms with Gasteiger partial charge in [0.05, 0.1) is 14.2 Å². The van der Waals surface area contributed by atoms with E-state index >= 15 is 0 Å². The van der Waals surface area contributed by atoms with E-state index in [2.05, 4.69) is 19.2 Å². The molecule has 1 saturated carbocycles. The van der Waals surface area contributed by atoms with Crippen molar-refractivity contribution in [3.63, 3.8) is 0 Å². The predicted molar refractivity (Wildman–Crippen MR) is 104 cm³/mol. The molecule has 1 N–H and O–H groups in total. The summed E-state index contributed by atoms with van der Waals surface area (Å²) in [6, 6.07) is 5.51. The first-order valence-electron chi connectivity index (χ1n) is 9.31. The Morgan fingerprint density at radius 2 is 1.96 bits per heavy atom. The molecule has 6 nitrogen and oxygen atoms in total. The quantitative estimate of drug-likeness (QED) is 0.585. The van der Waals surface area contributed by atoms with Gasteiger partial charge >= 0.3 is 5.97 Å². The van der Waals surface area contributed by atoms with Gasteiger partial charge in [-0.3, -0.25) is 4.79 Å². The van der Waals surface area contributed by atoms with Crippen LogP contribution in [0.4, 0.5) is 0 Å². The van der Waals surface area contributed by atoms with Crippen LogP contribution < -0.4 is 14.8 Å². The standard InChI is InChI=1S/C21H29NO5/c1-14-7-5-9-17(15(14)2)22-19(23)13-27-20(24)12-11-16-8-6-10-18(25-3)21(16)26-4/h6,8,10-12,14-15,17H,5,7,9,13H2,1-4H3,(H,22,23)/b12-11+. The topological polar surface area (TPSA) is 73.9 Å². The molecule has 1 amide bonds. The molecular formula is C21H29NO5. The lowest BCUT2D eigenvalue weighted by Gasteiger charge is -2.34. The molecule has 1 aliphatic carbocycles. The minimum absolute atomic E-state index is 0.150. The molecule has 27 heavy (non-hydrogen) atoms. The summed E-state index contributed by atoms with van der Waals surface area (Å²) in [4.78, 5) is 24.0. The number of ether oxygens (including phenoxy) is 3. The highest BCUT2D eigenvalue weighted by molar-refractivity contribution is 5.90. The molecule has 3 atom stereocenters. The van der Waals surface area contributed by atoms with Crippen molar-refractivity contribution in [3.05, 3.63) is 29.8 Å². The lowest BCUT2D eigenvalue weighted by molar-refractivity contribution is -0.144. The van der Waals surface area contributed by atoms with Crippen molar-refractivity contribution in [2.24, 2.45) is 11.8 Å². The molecule has 6 heteroatoms. The maximum absolute atomic E-state index is 12.1. The fourth-order valence-electron chi connectivity index (χ4n) is 3.42. The van der Waals surface area contributed by atoms with Crippen LogP contribution in [0.5, 0.6) is 11.5 Å². The van der Waals surface area contributed by atoms with Gasteiger partial charge in [0.25, 0.3) is 5.91 Å². The largest absolute Gasteiger partial charge is 0.493 e. The Bertz CT molecular complexity index is 685. The molecule has 0 aromatic heterocycles. The summed E-state index contributed by atoms with van der Waals surface area (Å²) >= 11 is 0. The molecule has 1 fully saturated rings. The summed E-state index contributed by atoms with van der Waals surface area (Å²) in [6.45, 7) is 4.09. The fourth-order valence-corrected chi connectivity index (χ4v) is 3.42. The molecule has 0 spiro atoms. The minimum Gasteiger partial charge on any atom is -0.493 e. The molecule has 1 aromatic carbocycles. The lowest BCUT2D eigenvalue weighted by atomic mass is 9.78. The van der Waals surface area contributed by atoms with Crippen molar-refractivity contribution in [3.8, 4) is 11.5 Å². The maximum Gasteiger partial charge on any atom is 0.331 e. The number of carbonyl (C=O) groups is 2. The van der Waals surface area contributed by atoms with Gasteiger partial charge in [0, 0.05) is 17.7 Å². The van der Waals surface area contributed by atoms with Crippen molar-refractivity contribution in [1.82, 2.24) is 5.32 Å². The van der Waals surface area contributed by atoms with Gasteiger partial charge < -0.3 is 19.5 Å². The number of methoxy groups -OCH3 is 2. The number of amides is 1. The molecule has 0 saturated heterocycles. The number of hydrogen-bond donors (Lipinski definition) is 1. The number of esters is 1. The Morgan fingerprint density at radius 3 is 2.67 bits per heavy atom. The summed E-state index contributed by atoms with van der Waals surface area (Å²) < 4.78 is 15.6. The molecular weight excluding hydrogens is 346 g/mol. The van der Waals surface area contributed by atoms with E-state index in [0.29, 0.717) is 28.9 Å². The van der Waals surface area contributed by atoms with Crippen molar-refractivity contribution >= 4 is 18.0 Å². The van der Waals surface area contributed by atoms with E-state index in [1.54, 1.807) is 31.4 Å². The molecule has 0 aliphatic heterocycles. The summed E-state index contributed by atoms with van der Waals surface area (Å²) in [6.07, 6.45) is 6.13. The van der Waals surface area contributed by atoms with Gasteiger partial charge in [0.1, 0.15) is 0 Å². The first-order chi connectivity index (χ1) is 13.0. The second-order valence-corrected chi connectivity index (χ2v) is 6.97. The van der Waals surface area contributed by atoms with E-state index < -0.39 is 5.97 Å². The second kappa shape index (κ2) is 10.00. The fraction of sp³-hybridized carbons (Fsp3) is 0.524. The zero-order valence-corrected chi connectivity index (χ0v) is 16.5. The monoisotopic (exact) mass is 375 g/mol. The summed E-state index contributed by atoms with van der Waals surface area (Å²) in [5.74, 6) is 1.28. The van der Waals surface area contributed by atoms with E-state index in [-0.39, 0.29) is 18.6 Å². The minimum atomic E-state index is -0.583. The Labute approximate surface area is 160 Å². The van der Waals surface area contributed by atoms with Crippen molar-refractivity contribution in [1.29, 1.82) is 0 Å². The van der Waals surface area contributed by atoms with Gasteiger partial charge in [-0.15, -0.1) is 0 Å². The van der Waals surface area contributed by atoms with E-state index in [4.69, 9.17) is 14.2 Å². The normalized spacial score (nSPS) is 22.3. The van der Waals surface area contributed by atoms with Gasteiger partial charge in [0.2, 0.25) is 0 Å². The average molecular weight is 375 g/mol. The average Bonchev–Trinajstić information content (AvgIpc) is 2.67. The molecule has 2 rings (SSSR count). The second-order valence-electron chi connectivity index (χ2n) is 6.97. The number of carbonyl (C=O) groups excluding carboxylic acids is 2. The van der Waals surface area contributed by atoms with Crippen LogP contribution in [0.3, 0.4) is 0 Å². The summed E-state index contributed by atoms with van der Waals surface area (Å²) in [7, 11) is 3.08. The number of hydrogen-bond acceptors (Lipinski definition) is 5. The van der Waals surface area contributed by atoms with Gasteiger partial charge in [0.15, 0.2) is 18.1 Å².